The second-order valence-electron chi connectivity index (χ2n) is 15.3. The Labute approximate surface area is 295 Å². The molecule has 9 rings (SSSR count). The van der Waals surface area contributed by atoms with Gasteiger partial charge in [0.2, 0.25) is 5.91 Å². The highest BCUT2D eigenvalue weighted by atomic mass is 16.5. The van der Waals surface area contributed by atoms with Gasteiger partial charge in [0.1, 0.15) is 16.9 Å². The molecule has 0 radical (unpaired) electrons. The number of nitrogens with two attached hydrogens (primary N) is 2. The van der Waals surface area contributed by atoms with Gasteiger partial charge >= 0.3 is 0 Å². The van der Waals surface area contributed by atoms with Gasteiger partial charge in [0.25, 0.3) is 5.91 Å². The molecule has 2 bridgehead atoms. The van der Waals surface area contributed by atoms with Crippen LogP contribution in [0.2, 0.25) is 0 Å². The van der Waals surface area contributed by atoms with Gasteiger partial charge in [-0.2, -0.15) is 0 Å². The first-order valence-electron chi connectivity index (χ1n) is 18.2. The number of ether oxygens (including phenoxy) is 1. The topological polar surface area (TPSA) is 151 Å². The van der Waals surface area contributed by atoms with Crippen LogP contribution in [0.3, 0.4) is 0 Å². The summed E-state index contributed by atoms with van der Waals surface area (Å²) in [5.41, 5.74) is 17.8. The summed E-state index contributed by atoms with van der Waals surface area (Å²) in [6.45, 7) is 1.54. The number of imidazole rings is 1. The Morgan fingerprint density at radius 3 is 2.39 bits per heavy atom. The number of primary amides is 1. The van der Waals surface area contributed by atoms with E-state index in [0.29, 0.717) is 53.6 Å². The van der Waals surface area contributed by atoms with Gasteiger partial charge in [-0.1, -0.05) is 24.3 Å². The third kappa shape index (κ3) is 5.32. The molecule has 2 unspecified atom stereocenters. The molecule has 3 aliphatic carbocycles. The minimum Gasteiger partial charge on any atom is -0.494 e. The van der Waals surface area contributed by atoms with Crippen molar-refractivity contribution in [1.29, 1.82) is 0 Å². The number of ketones is 1. The van der Waals surface area contributed by atoms with Gasteiger partial charge in [-0.25, -0.2) is 9.97 Å². The van der Waals surface area contributed by atoms with Crippen molar-refractivity contribution >= 4 is 39.7 Å². The Morgan fingerprint density at radius 1 is 0.961 bits per heavy atom. The van der Waals surface area contributed by atoms with Crippen molar-refractivity contribution in [2.45, 2.75) is 70.0 Å². The average Bonchev–Trinajstić information content (AvgIpc) is 4.02. The number of aromatic nitrogens is 4. The SMILES string of the molecule is COc1cc(C(=O)N2CC3CCC2[C@@H]3N)cc2nc(-c3cc4ccc(-c5ccc(C(=O)CCC6(C(N)=O)CC6)cc5)nc4n3CC3CC3)n(C)c12. The number of pyridine rings is 1. The summed E-state index contributed by atoms with van der Waals surface area (Å²) >= 11 is 0. The fraction of sp³-hybridized carbons (Fsp3) is 0.425. The molecule has 2 amide bonds. The Morgan fingerprint density at radius 2 is 1.75 bits per heavy atom. The molecule has 3 aromatic heterocycles. The molecule has 5 aromatic rings. The van der Waals surface area contributed by atoms with Gasteiger partial charge in [0, 0.05) is 66.1 Å². The third-order valence-electron chi connectivity index (χ3n) is 12.1. The molecule has 4 fully saturated rings. The Bertz CT molecular complexity index is 2240. The smallest absolute Gasteiger partial charge is 0.254 e. The molecule has 2 aromatic carbocycles. The van der Waals surface area contributed by atoms with Crippen molar-refractivity contribution in [2.24, 2.45) is 35.8 Å². The number of nitrogens with zero attached hydrogens (tertiary/aromatic N) is 5. The molecular formula is C40H43N7O4. The number of amides is 2. The molecule has 11 nitrogen and oxygen atoms in total. The average molecular weight is 686 g/mol. The second kappa shape index (κ2) is 11.8. The summed E-state index contributed by atoms with van der Waals surface area (Å²) in [6, 6.07) is 17.7. The highest BCUT2D eigenvalue weighted by Gasteiger charge is 2.48. The van der Waals surface area contributed by atoms with E-state index in [0.717, 1.165) is 71.6 Å². The quantitative estimate of drug-likeness (QED) is 0.175. The van der Waals surface area contributed by atoms with E-state index in [1.165, 1.54) is 12.8 Å². The van der Waals surface area contributed by atoms with E-state index in [2.05, 4.69) is 21.3 Å². The first-order valence-corrected chi connectivity index (χ1v) is 18.2. The predicted molar refractivity (Wildman–Crippen MR) is 194 cm³/mol. The molecule has 4 N–H and O–H groups in total. The number of Topliss-reactive ketones (excluding diaryl/α,β-unsaturated/α-hetero) is 1. The van der Waals surface area contributed by atoms with Crippen LogP contribution in [0.15, 0.2) is 54.6 Å². The third-order valence-corrected chi connectivity index (χ3v) is 12.1. The minimum atomic E-state index is -0.485. The van der Waals surface area contributed by atoms with Crippen LogP contribution in [0.25, 0.3) is 44.8 Å². The number of fused-ring (bicyclic) bond motifs is 4. The van der Waals surface area contributed by atoms with Gasteiger partial charge in [-0.15, -0.1) is 0 Å². The summed E-state index contributed by atoms with van der Waals surface area (Å²) in [7, 11) is 3.63. The lowest BCUT2D eigenvalue weighted by Gasteiger charge is -2.27. The second-order valence-corrected chi connectivity index (χ2v) is 15.3. The zero-order valence-corrected chi connectivity index (χ0v) is 29.1. The number of hydrogen-bond acceptors (Lipinski definition) is 7. The van der Waals surface area contributed by atoms with E-state index in [1.54, 1.807) is 7.11 Å². The van der Waals surface area contributed by atoms with Gasteiger partial charge in [0.15, 0.2) is 11.6 Å². The van der Waals surface area contributed by atoms with Crippen LogP contribution in [0, 0.1) is 17.3 Å². The Hall–Kier alpha value is -5.03. The Balaban J connectivity index is 1.04. The van der Waals surface area contributed by atoms with Crippen LogP contribution < -0.4 is 16.2 Å². The van der Waals surface area contributed by atoms with E-state index in [4.69, 9.17) is 26.2 Å². The maximum Gasteiger partial charge on any atom is 0.254 e. The molecule has 4 heterocycles. The first-order chi connectivity index (χ1) is 24.6. The molecule has 51 heavy (non-hydrogen) atoms. The largest absolute Gasteiger partial charge is 0.494 e. The van der Waals surface area contributed by atoms with E-state index < -0.39 is 5.41 Å². The summed E-state index contributed by atoms with van der Waals surface area (Å²) in [5, 5.41) is 1.01. The van der Waals surface area contributed by atoms with Gasteiger partial charge in [0.05, 0.1) is 24.0 Å². The number of benzene rings is 2. The fourth-order valence-electron chi connectivity index (χ4n) is 8.58. The number of aryl methyl sites for hydroxylation is 1. The molecule has 1 aliphatic heterocycles. The van der Waals surface area contributed by atoms with Crippen molar-refractivity contribution in [3.63, 3.8) is 0 Å². The number of carbonyl (C=O) groups is 3. The van der Waals surface area contributed by atoms with Crippen LogP contribution in [0.5, 0.6) is 5.75 Å². The first kappa shape index (κ1) is 31.9. The number of methoxy groups -OCH3 is 1. The molecule has 0 spiro atoms. The summed E-state index contributed by atoms with van der Waals surface area (Å²) in [5.74, 6) is 2.04. The summed E-state index contributed by atoms with van der Waals surface area (Å²) < 4.78 is 10.2. The molecular weight excluding hydrogens is 642 g/mol. The standard InChI is InChI=1S/C40H43N7O4/c1-45-35-29(17-27(19-33(35)51-2)38(49)47-21-26-10-12-30(47)34(26)41)44-37(45)31-18-25-9-11-28(43-36(25)46(31)20-22-3-4-22)23-5-7-24(8-6-23)32(48)13-14-40(15-16-40)39(42)50/h5-9,11,17-19,22,26,30,34H,3-4,10,12-16,20-21,41H2,1-2H3,(H2,42,50)/t26?,30?,34-/m1/s1. The highest BCUT2D eigenvalue weighted by molar-refractivity contribution is 6.01. The van der Waals surface area contributed by atoms with Crippen molar-refractivity contribution < 1.29 is 19.1 Å². The van der Waals surface area contributed by atoms with E-state index >= 15 is 0 Å². The minimum absolute atomic E-state index is 0.0169. The zero-order chi connectivity index (χ0) is 35.2. The van der Waals surface area contributed by atoms with Crippen molar-refractivity contribution in [2.75, 3.05) is 13.7 Å². The lowest BCUT2D eigenvalue weighted by molar-refractivity contribution is -0.123. The summed E-state index contributed by atoms with van der Waals surface area (Å²) in [6.07, 6.45) is 6.76. The van der Waals surface area contributed by atoms with E-state index in [9.17, 15) is 14.4 Å². The van der Waals surface area contributed by atoms with Crippen LogP contribution >= 0.6 is 0 Å². The maximum atomic E-state index is 13.8. The van der Waals surface area contributed by atoms with Crippen LogP contribution in [-0.2, 0) is 18.4 Å². The van der Waals surface area contributed by atoms with Crippen molar-refractivity contribution in [3.8, 4) is 28.5 Å². The Kier molecular flexibility index (Phi) is 7.36. The monoisotopic (exact) mass is 685 g/mol. The predicted octanol–water partition coefficient (Wildman–Crippen LogP) is 5.47. The van der Waals surface area contributed by atoms with Crippen LogP contribution in [-0.4, -0.2) is 67.3 Å². The number of carbonyl (C=O) groups excluding carboxylic acids is 3. The zero-order valence-electron chi connectivity index (χ0n) is 29.1. The molecule has 1 saturated heterocycles. The van der Waals surface area contributed by atoms with Crippen molar-refractivity contribution in [1.82, 2.24) is 24.0 Å². The number of likely N-dealkylation sites (tertiary alicyclic amines) is 1. The lowest BCUT2D eigenvalue weighted by atomic mass is 9.95. The number of rotatable bonds is 11. The molecule has 262 valence electrons. The molecule has 4 aliphatic rings. The molecule has 3 saturated carbocycles. The number of piperidine rings is 1. The van der Waals surface area contributed by atoms with Crippen molar-refractivity contribution in [3.05, 3.63) is 65.7 Å². The number of hydrogen-bond donors (Lipinski definition) is 2. The molecule has 3 atom stereocenters. The summed E-state index contributed by atoms with van der Waals surface area (Å²) in [4.78, 5) is 50.7. The highest BCUT2D eigenvalue weighted by Crippen LogP contribution is 2.49. The van der Waals surface area contributed by atoms with Crippen LogP contribution in [0.1, 0.15) is 72.1 Å². The fourth-order valence-corrected chi connectivity index (χ4v) is 8.58. The maximum absolute atomic E-state index is 13.8. The van der Waals surface area contributed by atoms with E-state index in [1.807, 2.05) is 54.4 Å². The van der Waals surface area contributed by atoms with Gasteiger partial charge < -0.3 is 30.2 Å². The van der Waals surface area contributed by atoms with Gasteiger partial charge in [-0.05, 0) is 87.1 Å². The van der Waals surface area contributed by atoms with Gasteiger partial charge in [-0.3, -0.25) is 14.4 Å². The van der Waals surface area contributed by atoms with E-state index in [-0.39, 0.29) is 29.7 Å². The normalized spacial score (nSPS) is 21.9. The lowest BCUT2D eigenvalue weighted by Crippen LogP contribution is -2.41. The van der Waals surface area contributed by atoms with Crippen LogP contribution in [0.4, 0.5) is 0 Å². The molecule has 11 heteroatoms.